The van der Waals surface area contributed by atoms with Gasteiger partial charge in [0.15, 0.2) is 0 Å². The number of carboxylic acids is 2. The maximum absolute atomic E-state index is 10.6. The van der Waals surface area contributed by atoms with Crippen LogP contribution in [0.5, 0.6) is 0 Å². The molecule has 0 fully saturated rings. The van der Waals surface area contributed by atoms with Crippen LogP contribution in [-0.2, 0) is 9.59 Å². The number of alkyl halides is 6. The van der Waals surface area contributed by atoms with Crippen molar-refractivity contribution in [2.24, 2.45) is 11.5 Å². The first-order chi connectivity index (χ1) is 7.62. The molecule has 0 aliphatic carbocycles. The second kappa shape index (κ2) is 8.52. The van der Waals surface area contributed by atoms with Gasteiger partial charge in [-0.3, -0.25) is 0 Å². The Kier molecular flexibility index (Phi) is 10.3. The highest BCUT2D eigenvalue weighted by molar-refractivity contribution is 5.73. The Morgan fingerprint density at radius 2 is 0.944 bits per heavy atom. The molecule has 0 bridgehead atoms. The van der Waals surface area contributed by atoms with E-state index in [0.717, 1.165) is 0 Å². The summed E-state index contributed by atoms with van der Waals surface area (Å²) in [7, 11) is 0. The molecule has 18 heavy (non-hydrogen) atoms. The molecule has 0 spiro atoms. The van der Waals surface area contributed by atoms with Crippen LogP contribution in [0.2, 0.25) is 0 Å². The lowest BCUT2D eigenvalue weighted by atomic mass is 10.7. The van der Waals surface area contributed by atoms with Crippen molar-refractivity contribution < 1.29 is 46.1 Å². The molecule has 0 saturated carbocycles. The lowest BCUT2D eigenvalue weighted by Gasteiger charge is -1.93. The molecule has 0 heterocycles. The van der Waals surface area contributed by atoms with Crippen LogP contribution in [0.1, 0.15) is 6.92 Å². The molecule has 0 aliphatic rings. The highest BCUT2D eigenvalue weighted by Crippen LogP contribution is 2.13. The Morgan fingerprint density at radius 1 is 0.889 bits per heavy atom. The number of rotatable bonds is 0. The number of hydrogen-bond donors (Lipinski definition) is 4. The number of nitrogens with two attached hydrogens (primary N) is 2. The molecular weight excluding hydrogens is 278 g/mol. The minimum Gasteiger partial charge on any atom is -0.475 e. The minimum absolute atomic E-state index is 0.167. The Balaban J connectivity index is -0.000000196. The molecule has 6 nitrogen and oxygen atoms in total. The molecule has 0 unspecified atom stereocenters. The topological polar surface area (TPSA) is 127 Å². The summed E-state index contributed by atoms with van der Waals surface area (Å²) < 4.78 is 63.5. The lowest BCUT2D eigenvalue weighted by molar-refractivity contribution is -0.193. The first-order valence-electron chi connectivity index (χ1n) is 3.73. The third-order valence-electron chi connectivity index (χ3n) is 0.485. The lowest BCUT2D eigenvalue weighted by Crippen LogP contribution is -2.25. The Hall–Kier alpha value is -1.56. The summed E-state index contributed by atoms with van der Waals surface area (Å²) in [6, 6.07) is 0. The van der Waals surface area contributed by atoms with Crippen LogP contribution in [0.4, 0.5) is 26.3 Å². The largest absolute Gasteiger partial charge is 0.490 e. The van der Waals surface area contributed by atoms with Crippen LogP contribution in [0.25, 0.3) is 0 Å². The quantitative estimate of drug-likeness (QED) is 0.380. The average Bonchev–Trinajstić information content (AvgIpc) is 1.99. The van der Waals surface area contributed by atoms with Crippen molar-refractivity contribution in [2.75, 3.05) is 0 Å². The normalized spacial score (nSPS) is 10.8. The Bertz CT molecular complexity index is 235. The van der Waals surface area contributed by atoms with Crippen molar-refractivity contribution in [2.45, 2.75) is 25.4 Å². The molecule has 0 amide bonds. The van der Waals surface area contributed by atoms with Crippen LogP contribution in [-0.4, -0.2) is 40.7 Å². The fraction of sp³-hybridized carbons (Fsp3) is 0.667. The van der Waals surface area contributed by atoms with Gasteiger partial charge in [0.1, 0.15) is 0 Å². The predicted molar refractivity (Wildman–Crippen MR) is 45.2 cm³/mol. The number of carboxylic acid groups (broad SMARTS) is 2. The van der Waals surface area contributed by atoms with E-state index in [0.29, 0.717) is 0 Å². The summed E-state index contributed by atoms with van der Waals surface area (Å²) in [5.74, 6) is -5.51. The van der Waals surface area contributed by atoms with E-state index >= 15 is 0 Å². The van der Waals surface area contributed by atoms with Gasteiger partial charge >= 0.3 is 24.3 Å². The van der Waals surface area contributed by atoms with E-state index in [9.17, 15) is 26.3 Å². The summed E-state index contributed by atoms with van der Waals surface area (Å²) in [4.78, 5) is 17.8. The fourth-order valence-corrected chi connectivity index (χ4v) is 0. The van der Waals surface area contributed by atoms with Crippen LogP contribution >= 0.6 is 0 Å². The third-order valence-corrected chi connectivity index (χ3v) is 0.485. The fourth-order valence-electron chi connectivity index (χ4n) is 0. The van der Waals surface area contributed by atoms with Crippen molar-refractivity contribution in [3.8, 4) is 0 Å². The third kappa shape index (κ3) is 23.9. The molecule has 0 atom stereocenters. The van der Waals surface area contributed by atoms with Crippen LogP contribution < -0.4 is 11.5 Å². The zero-order chi connectivity index (χ0) is 15.7. The molecule has 0 saturated heterocycles. The standard InChI is InChI=1S/2C2HF3O2.C2H8N2/c2*3-2(4,5)1(6)7;1-2(3)4/h2*(H,6,7);2H,3-4H2,1H3. The van der Waals surface area contributed by atoms with Gasteiger partial charge in [0.25, 0.3) is 0 Å². The van der Waals surface area contributed by atoms with E-state index < -0.39 is 24.3 Å². The predicted octanol–water partition coefficient (Wildman–Crippen LogP) is 0.516. The van der Waals surface area contributed by atoms with Gasteiger partial charge in [-0.2, -0.15) is 26.3 Å². The van der Waals surface area contributed by atoms with Crippen molar-refractivity contribution in [3.63, 3.8) is 0 Å². The van der Waals surface area contributed by atoms with E-state index in [1.54, 1.807) is 6.92 Å². The maximum atomic E-state index is 10.6. The smallest absolute Gasteiger partial charge is 0.475 e. The number of halogens is 6. The SMILES string of the molecule is CC(N)N.O=C(O)C(F)(F)F.O=C(O)C(F)(F)F. The molecule has 0 rings (SSSR count). The first kappa shape index (κ1) is 21.7. The van der Waals surface area contributed by atoms with Gasteiger partial charge < -0.3 is 21.7 Å². The van der Waals surface area contributed by atoms with Gasteiger partial charge in [0.05, 0.1) is 0 Å². The summed E-state index contributed by atoms with van der Waals surface area (Å²) in [6.07, 6.45) is -10.3. The summed E-state index contributed by atoms with van der Waals surface area (Å²) in [5, 5.41) is 14.2. The van der Waals surface area contributed by atoms with E-state index in [1.807, 2.05) is 0 Å². The zero-order valence-corrected chi connectivity index (χ0v) is 8.71. The second-order valence-electron chi connectivity index (χ2n) is 2.46. The van der Waals surface area contributed by atoms with E-state index in [4.69, 9.17) is 31.3 Å². The van der Waals surface area contributed by atoms with Crippen LogP contribution in [0, 0.1) is 0 Å². The first-order valence-corrected chi connectivity index (χ1v) is 3.73. The van der Waals surface area contributed by atoms with Gasteiger partial charge in [-0.25, -0.2) is 9.59 Å². The van der Waals surface area contributed by atoms with E-state index in [-0.39, 0.29) is 6.17 Å². The molecule has 6 N–H and O–H groups in total. The number of carbonyl (C=O) groups is 2. The second-order valence-corrected chi connectivity index (χ2v) is 2.46. The van der Waals surface area contributed by atoms with Gasteiger partial charge in [0, 0.05) is 6.17 Å². The van der Waals surface area contributed by atoms with Crippen molar-refractivity contribution >= 4 is 11.9 Å². The molecule has 110 valence electrons. The molecule has 0 aliphatic heterocycles. The van der Waals surface area contributed by atoms with Crippen molar-refractivity contribution in [1.82, 2.24) is 0 Å². The van der Waals surface area contributed by atoms with Gasteiger partial charge in [0.2, 0.25) is 0 Å². The van der Waals surface area contributed by atoms with Gasteiger partial charge in [-0.05, 0) is 6.92 Å². The van der Waals surface area contributed by atoms with Gasteiger partial charge in [-0.1, -0.05) is 0 Å². The maximum Gasteiger partial charge on any atom is 0.490 e. The highest BCUT2D eigenvalue weighted by Gasteiger charge is 2.38. The van der Waals surface area contributed by atoms with Crippen molar-refractivity contribution in [1.29, 1.82) is 0 Å². The number of aliphatic carboxylic acids is 2. The zero-order valence-electron chi connectivity index (χ0n) is 8.71. The molecule has 0 radical (unpaired) electrons. The minimum atomic E-state index is -5.08. The molecule has 12 heteroatoms. The van der Waals surface area contributed by atoms with E-state index in [1.165, 1.54) is 0 Å². The molecule has 0 aromatic rings. The Morgan fingerprint density at radius 3 is 0.944 bits per heavy atom. The van der Waals surface area contributed by atoms with Gasteiger partial charge in [-0.15, -0.1) is 0 Å². The average molecular weight is 288 g/mol. The highest BCUT2D eigenvalue weighted by atomic mass is 19.4. The molecule has 0 aromatic heterocycles. The summed E-state index contributed by atoms with van der Waals surface area (Å²) >= 11 is 0. The van der Waals surface area contributed by atoms with E-state index in [2.05, 4.69) is 0 Å². The molecule has 0 aromatic carbocycles. The number of hydrogen-bond acceptors (Lipinski definition) is 4. The summed E-state index contributed by atoms with van der Waals surface area (Å²) in [6.45, 7) is 1.72. The van der Waals surface area contributed by atoms with Crippen LogP contribution in [0.15, 0.2) is 0 Å². The molecular formula is C6H10F6N2O4. The van der Waals surface area contributed by atoms with Crippen molar-refractivity contribution in [3.05, 3.63) is 0 Å². The Labute approximate surface area is 96.2 Å². The van der Waals surface area contributed by atoms with Crippen LogP contribution in [0.3, 0.4) is 0 Å². The summed E-state index contributed by atoms with van der Waals surface area (Å²) in [5.41, 5.74) is 9.78. The monoisotopic (exact) mass is 288 g/mol.